The van der Waals surface area contributed by atoms with Crippen LogP contribution in [0.5, 0.6) is 5.75 Å². The predicted octanol–water partition coefficient (Wildman–Crippen LogP) is 0.911. The van der Waals surface area contributed by atoms with E-state index in [0.29, 0.717) is 0 Å². The summed E-state index contributed by atoms with van der Waals surface area (Å²) in [4.78, 5) is 19.2. The zero-order chi connectivity index (χ0) is 17.2. The average molecular weight is 344 g/mol. The number of hydrogen-bond acceptors (Lipinski definition) is 5. The van der Waals surface area contributed by atoms with Crippen LogP contribution in [-0.4, -0.2) is 74.7 Å². The summed E-state index contributed by atoms with van der Waals surface area (Å²) < 4.78 is 5.66. The third-order valence-corrected chi connectivity index (χ3v) is 5.67. The Morgan fingerprint density at radius 1 is 1.16 bits per heavy atom. The van der Waals surface area contributed by atoms with Gasteiger partial charge >= 0.3 is 0 Å². The first-order valence-electron chi connectivity index (χ1n) is 9.40. The highest BCUT2D eigenvalue weighted by Gasteiger charge is 2.34. The Kier molecular flexibility index (Phi) is 4.81. The Morgan fingerprint density at radius 2 is 2.00 bits per heavy atom. The van der Waals surface area contributed by atoms with Crippen LogP contribution in [0, 0.1) is 0 Å². The molecule has 1 aromatic rings. The normalized spacial score (nSPS) is 24.9. The van der Waals surface area contributed by atoms with Crippen molar-refractivity contribution in [3.63, 3.8) is 0 Å². The molecule has 25 heavy (non-hydrogen) atoms. The maximum Gasteiger partial charge on any atom is 0.238 e. The number of methoxy groups -OCH3 is 1. The number of hydrogen-bond donors (Lipinski definition) is 1. The molecule has 0 spiro atoms. The first-order valence-corrected chi connectivity index (χ1v) is 9.40. The fourth-order valence-corrected chi connectivity index (χ4v) is 4.28. The number of rotatable bonds is 4. The molecule has 1 atom stereocenters. The number of fused-ring (bicyclic) bond motifs is 1. The Morgan fingerprint density at radius 3 is 2.80 bits per heavy atom. The number of ether oxygens (including phenoxy) is 1. The van der Waals surface area contributed by atoms with Crippen LogP contribution < -0.4 is 15.0 Å². The maximum absolute atomic E-state index is 12.1. The second-order valence-corrected chi connectivity index (χ2v) is 7.28. The Hall–Kier alpha value is -1.79. The average Bonchev–Trinajstić information content (AvgIpc) is 3.17. The standard InChI is InChI=1S/C19H28N4O2/c1-25-18-12-15(4-5-16(18)22-7-2-3-8-22)13-21-10-11-23-9-6-20-19(24)17(23)14-21/h4-5,12,17H,2-3,6-11,13-14H2,1H3,(H,20,24)/t17-/m1/s1. The van der Waals surface area contributed by atoms with E-state index in [1.54, 1.807) is 7.11 Å². The van der Waals surface area contributed by atoms with Crippen molar-refractivity contribution in [2.24, 2.45) is 0 Å². The van der Waals surface area contributed by atoms with Crippen LogP contribution in [0.1, 0.15) is 18.4 Å². The van der Waals surface area contributed by atoms with E-state index in [2.05, 4.69) is 38.2 Å². The highest BCUT2D eigenvalue weighted by Crippen LogP contribution is 2.32. The van der Waals surface area contributed by atoms with Crippen molar-refractivity contribution in [2.45, 2.75) is 25.4 Å². The largest absolute Gasteiger partial charge is 0.495 e. The van der Waals surface area contributed by atoms with Crippen molar-refractivity contribution in [2.75, 3.05) is 57.8 Å². The summed E-state index contributed by atoms with van der Waals surface area (Å²) in [6.07, 6.45) is 2.53. The van der Waals surface area contributed by atoms with E-state index in [1.807, 2.05) is 0 Å². The molecule has 0 aromatic heterocycles. The number of amides is 1. The Bertz CT molecular complexity index is 630. The monoisotopic (exact) mass is 344 g/mol. The second kappa shape index (κ2) is 7.22. The second-order valence-electron chi connectivity index (χ2n) is 7.28. The summed E-state index contributed by atoms with van der Waals surface area (Å²) >= 11 is 0. The van der Waals surface area contributed by atoms with Crippen molar-refractivity contribution < 1.29 is 9.53 Å². The fourth-order valence-electron chi connectivity index (χ4n) is 4.28. The van der Waals surface area contributed by atoms with Gasteiger partial charge in [-0.1, -0.05) is 6.07 Å². The number of carbonyl (C=O) groups excluding carboxylic acids is 1. The van der Waals surface area contributed by atoms with E-state index < -0.39 is 0 Å². The lowest BCUT2D eigenvalue weighted by Gasteiger charge is -2.43. The number of anilines is 1. The minimum atomic E-state index is 0.00766. The molecule has 3 aliphatic rings. The molecule has 136 valence electrons. The summed E-state index contributed by atoms with van der Waals surface area (Å²) in [5, 5.41) is 2.99. The van der Waals surface area contributed by atoms with Gasteiger partial charge in [-0.2, -0.15) is 0 Å². The number of piperazine rings is 2. The van der Waals surface area contributed by atoms with E-state index in [1.165, 1.54) is 24.1 Å². The van der Waals surface area contributed by atoms with Crippen LogP contribution in [0.15, 0.2) is 18.2 Å². The molecule has 3 saturated heterocycles. The van der Waals surface area contributed by atoms with Gasteiger partial charge in [-0.25, -0.2) is 0 Å². The molecule has 3 heterocycles. The van der Waals surface area contributed by atoms with Gasteiger partial charge in [0.05, 0.1) is 12.8 Å². The zero-order valence-electron chi connectivity index (χ0n) is 15.0. The number of carbonyl (C=O) groups is 1. The summed E-state index contributed by atoms with van der Waals surface area (Å²) in [5.74, 6) is 1.14. The fraction of sp³-hybridized carbons (Fsp3) is 0.632. The molecule has 1 amide bonds. The highest BCUT2D eigenvalue weighted by molar-refractivity contribution is 5.82. The van der Waals surface area contributed by atoms with E-state index in [-0.39, 0.29) is 11.9 Å². The first kappa shape index (κ1) is 16.7. The quantitative estimate of drug-likeness (QED) is 0.880. The summed E-state index contributed by atoms with van der Waals surface area (Å²) in [5.41, 5.74) is 2.46. The third kappa shape index (κ3) is 3.46. The van der Waals surface area contributed by atoms with Crippen LogP contribution in [-0.2, 0) is 11.3 Å². The lowest BCUT2D eigenvalue weighted by Crippen LogP contribution is -2.63. The van der Waals surface area contributed by atoms with Crippen LogP contribution in [0.25, 0.3) is 0 Å². The molecular weight excluding hydrogens is 316 g/mol. The SMILES string of the molecule is COc1cc(CN2CCN3CCNC(=O)[C@H]3C2)ccc1N1CCCC1. The van der Waals surface area contributed by atoms with Gasteiger partial charge in [0.1, 0.15) is 11.8 Å². The molecule has 3 fully saturated rings. The van der Waals surface area contributed by atoms with Crippen LogP contribution in [0.4, 0.5) is 5.69 Å². The number of nitrogens with one attached hydrogen (secondary N) is 1. The molecule has 0 radical (unpaired) electrons. The Balaban J connectivity index is 1.44. The van der Waals surface area contributed by atoms with E-state index in [4.69, 9.17) is 4.74 Å². The van der Waals surface area contributed by atoms with Gasteiger partial charge < -0.3 is 15.0 Å². The molecule has 0 aliphatic carbocycles. The summed E-state index contributed by atoms with van der Waals surface area (Å²) in [6, 6.07) is 6.58. The van der Waals surface area contributed by atoms with E-state index in [0.717, 1.165) is 58.1 Å². The van der Waals surface area contributed by atoms with Crippen LogP contribution in [0.2, 0.25) is 0 Å². The van der Waals surface area contributed by atoms with Gasteiger partial charge in [0.2, 0.25) is 5.91 Å². The minimum Gasteiger partial charge on any atom is -0.495 e. The molecule has 1 aromatic carbocycles. The van der Waals surface area contributed by atoms with Crippen molar-refractivity contribution in [3.05, 3.63) is 23.8 Å². The van der Waals surface area contributed by atoms with Gasteiger partial charge in [-0.3, -0.25) is 14.6 Å². The van der Waals surface area contributed by atoms with Crippen LogP contribution in [0.3, 0.4) is 0 Å². The molecule has 0 bridgehead atoms. The highest BCUT2D eigenvalue weighted by atomic mass is 16.5. The van der Waals surface area contributed by atoms with Gasteiger partial charge in [0.25, 0.3) is 0 Å². The molecule has 6 heteroatoms. The van der Waals surface area contributed by atoms with E-state index in [9.17, 15) is 4.79 Å². The van der Waals surface area contributed by atoms with Gasteiger partial charge in [-0.15, -0.1) is 0 Å². The number of nitrogens with zero attached hydrogens (tertiary/aromatic N) is 3. The van der Waals surface area contributed by atoms with Crippen LogP contribution >= 0.6 is 0 Å². The van der Waals surface area contributed by atoms with Crippen molar-refractivity contribution in [1.82, 2.24) is 15.1 Å². The number of benzene rings is 1. The molecular formula is C19H28N4O2. The van der Waals surface area contributed by atoms with Gasteiger partial charge in [0.15, 0.2) is 0 Å². The molecule has 0 saturated carbocycles. The smallest absolute Gasteiger partial charge is 0.238 e. The molecule has 3 aliphatic heterocycles. The molecule has 0 unspecified atom stereocenters. The molecule has 6 nitrogen and oxygen atoms in total. The third-order valence-electron chi connectivity index (χ3n) is 5.67. The Labute approximate surface area is 149 Å². The first-order chi connectivity index (χ1) is 12.2. The van der Waals surface area contributed by atoms with Crippen molar-refractivity contribution in [3.8, 4) is 5.75 Å². The van der Waals surface area contributed by atoms with E-state index >= 15 is 0 Å². The van der Waals surface area contributed by atoms with Gasteiger partial charge in [0, 0.05) is 52.4 Å². The lowest BCUT2D eigenvalue weighted by molar-refractivity contribution is -0.131. The van der Waals surface area contributed by atoms with Crippen molar-refractivity contribution in [1.29, 1.82) is 0 Å². The topological polar surface area (TPSA) is 48.1 Å². The molecule has 4 rings (SSSR count). The maximum atomic E-state index is 12.1. The summed E-state index contributed by atoms with van der Waals surface area (Å²) in [7, 11) is 1.75. The van der Waals surface area contributed by atoms with Crippen molar-refractivity contribution >= 4 is 11.6 Å². The van der Waals surface area contributed by atoms with Gasteiger partial charge in [-0.05, 0) is 30.5 Å². The predicted molar refractivity (Wildman–Crippen MR) is 98.1 cm³/mol. The zero-order valence-corrected chi connectivity index (χ0v) is 15.0. The summed E-state index contributed by atoms with van der Waals surface area (Å²) in [6.45, 7) is 7.66. The molecule has 1 N–H and O–H groups in total. The lowest BCUT2D eigenvalue weighted by atomic mass is 10.1. The minimum absolute atomic E-state index is 0.00766.